The summed E-state index contributed by atoms with van der Waals surface area (Å²) < 4.78 is 0. The molecule has 0 aliphatic rings. The topological polar surface area (TPSA) is 200 Å². The first-order valence-corrected chi connectivity index (χ1v) is 0. The molecule has 0 aliphatic carbocycles. The maximum Gasteiger partial charge on any atom is 3.00 e. The molecule has 0 unspecified atom stereocenters. The van der Waals surface area contributed by atoms with Crippen molar-refractivity contribution in [2.45, 2.75) is 0 Å². The second kappa shape index (κ2) is 244. The minimum Gasteiger partial charge on any atom is -2.00 e. The third-order valence-corrected chi connectivity index (χ3v) is 0. The molecule has 13 heteroatoms. The van der Waals surface area contributed by atoms with Crippen LogP contribution in [0.4, 0.5) is 0 Å². The van der Waals surface area contributed by atoms with Crippen LogP contribution in [0.1, 0.15) is 0 Å². The summed E-state index contributed by atoms with van der Waals surface area (Å²) in [6.45, 7) is 0. The smallest absolute Gasteiger partial charge is 2.00 e. The van der Waals surface area contributed by atoms with Crippen molar-refractivity contribution in [1.29, 1.82) is 0 Å². The van der Waals surface area contributed by atoms with Gasteiger partial charge in [-0.25, -0.2) is 0 Å². The van der Waals surface area contributed by atoms with Crippen molar-refractivity contribution in [3.05, 3.63) is 0 Å². The van der Waals surface area contributed by atoms with Gasteiger partial charge in [0, 0.05) is 0 Å². The molecule has 0 aromatic rings. The van der Waals surface area contributed by atoms with E-state index in [1.54, 1.807) is 0 Å². The molecule has 0 heterocycles. The monoisotopic (exact) mass is 776 g/mol. The summed E-state index contributed by atoms with van der Waals surface area (Å²) in [6, 6.07) is 0. The van der Waals surface area contributed by atoms with E-state index in [1.165, 1.54) is 0 Å². The Labute approximate surface area is 161 Å². The predicted octanol–water partition coefficient (Wildman–Crippen LogP) is -1.60. The van der Waals surface area contributed by atoms with E-state index in [-0.39, 0.29) is 163 Å². The zero-order valence-electron chi connectivity index (χ0n) is 5.83. The Balaban J connectivity index is 0. The van der Waals surface area contributed by atoms with Crippen molar-refractivity contribution in [3.8, 4) is 0 Å². The fraction of sp³-hybridized carbons (Fsp3) is 0. The zero-order chi connectivity index (χ0) is 0. The van der Waals surface area contributed by atoms with E-state index >= 15 is 0 Å². The molecule has 0 N–H and O–H groups in total. The molecule has 0 spiro atoms. The van der Waals surface area contributed by atoms with E-state index in [9.17, 15) is 0 Å². The molecule has 13 heavy (non-hydrogen) atoms. The van der Waals surface area contributed by atoms with E-state index in [0.29, 0.717) is 0 Å². The molecule has 0 saturated heterocycles. The SMILES string of the molecule is [Bi+3].[Bi+3].[Co+2].[Co+2].[O-2].[O-2].[O-2].[O-2].[O-2].[O-2].[O-2].[Zn+2].[Zn+2]. The molecular formula is Bi2Co2O7Zn2. The molecule has 0 bridgehead atoms. The summed E-state index contributed by atoms with van der Waals surface area (Å²) in [5, 5.41) is 0. The van der Waals surface area contributed by atoms with E-state index in [2.05, 4.69) is 0 Å². The van der Waals surface area contributed by atoms with Gasteiger partial charge in [-0.1, -0.05) is 0 Å². The largest absolute Gasteiger partial charge is 3.00 e. The van der Waals surface area contributed by atoms with Gasteiger partial charge in [0.05, 0.1) is 0 Å². The first kappa shape index (κ1) is 296. The summed E-state index contributed by atoms with van der Waals surface area (Å²) in [5.41, 5.74) is 0. The second-order valence-corrected chi connectivity index (χ2v) is 0. The van der Waals surface area contributed by atoms with Crippen LogP contribution in [0.15, 0.2) is 0 Å². The van der Waals surface area contributed by atoms with Gasteiger partial charge in [0.15, 0.2) is 0 Å². The number of hydrogen-bond donors (Lipinski definition) is 0. The standard InChI is InChI=1S/2Bi.2Co.7O.2Zn/q2*+3;2*+2;7*-2;2*+2. The van der Waals surface area contributed by atoms with Crippen LogP contribution in [0, 0.1) is 0 Å². The summed E-state index contributed by atoms with van der Waals surface area (Å²) in [5.74, 6) is 0. The summed E-state index contributed by atoms with van der Waals surface area (Å²) >= 11 is 0. The first-order chi connectivity index (χ1) is 0. The normalized spacial score (nSPS) is 0. The van der Waals surface area contributed by atoms with Crippen LogP contribution in [0.2, 0.25) is 0 Å². The van der Waals surface area contributed by atoms with Gasteiger partial charge >= 0.3 is 125 Å². The van der Waals surface area contributed by atoms with Crippen LogP contribution in [-0.4, -0.2) is 52.4 Å². The van der Waals surface area contributed by atoms with Gasteiger partial charge < -0.3 is 38.3 Å². The summed E-state index contributed by atoms with van der Waals surface area (Å²) in [4.78, 5) is 0. The predicted molar refractivity (Wildman–Crippen MR) is 16.3 cm³/mol. The van der Waals surface area contributed by atoms with Crippen molar-refractivity contribution < 1.29 is 111 Å². The van der Waals surface area contributed by atoms with E-state index in [4.69, 9.17) is 0 Å². The molecule has 0 saturated carbocycles. The van der Waals surface area contributed by atoms with Crippen LogP contribution in [0.25, 0.3) is 0 Å². The molecular weight excluding hydrogens is 779 g/mol. The Morgan fingerprint density at radius 2 is 0.308 bits per heavy atom. The van der Waals surface area contributed by atoms with Gasteiger partial charge in [-0.15, -0.1) is 0 Å². The number of rotatable bonds is 0. The Morgan fingerprint density at radius 3 is 0.308 bits per heavy atom. The summed E-state index contributed by atoms with van der Waals surface area (Å²) in [6.07, 6.45) is 0. The average Bonchev–Trinajstić information content (AvgIpc) is 0. The number of hydrogen-bond acceptors (Lipinski definition) is 0. The quantitative estimate of drug-likeness (QED) is 0.256. The molecule has 74 valence electrons. The van der Waals surface area contributed by atoms with E-state index in [0.717, 1.165) is 0 Å². The molecule has 7 nitrogen and oxygen atoms in total. The maximum absolute atomic E-state index is 0. The molecule has 0 aliphatic heterocycles. The summed E-state index contributed by atoms with van der Waals surface area (Å²) in [7, 11) is 0. The van der Waals surface area contributed by atoms with Gasteiger partial charge in [-0.2, -0.15) is 0 Å². The van der Waals surface area contributed by atoms with Crippen LogP contribution in [0.3, 0.4) is 0 Å². The molecule has 6 radical (unpaired) electrons. The molecule has 0 aromatic heterocycles. The van der Waals surface area contributed by atoms with Crippen molar-refractivity contribution >= 4 is 52.4 Å². The van der Waals surface area contributed by atoms with Gasteiger partial charge in [0.25, 0.3) is 0 Å². The van der Waals surface area contributed by atoms with Crippen LogP contribution < -0.4 is 0 Å². The minimum absolute atomic E-state index is 0. The van der Waals surface area contributed by atoms with Crippen LogP contribution in [-0.2, 0) is 111 Å². The van der Waals surface area contributed by atoms with Crippen molar-refractivity contribution in [1.82, 2.24) is 0 Å². The molecule has 0 rings (SSSR count). The van der Waals surface area contributed by atoms with Crippen molar-refractivity contribution in [2.24, 2.45) is 0 Å². The minimum atomic E-state index is 0. The average molecular weight is 779 g/mol. The van der Waals surface area contributed by atoms with Gasteiger partial charge in [0.2, 0.25) is 0 Å². The first-order valence-electron chi connectivity index (χ1n) is 0. The van der Waals surface area contributed by atoms with E-state index in [1.807, 2.05) is 0 Å². The molecule has 0 amide bonds. The molecule has 0 aromatic carbocycles. The fourth-order valence-electron chi connectivity index (χ4n) is 0. The maximum atomic E-state index is 0. The van der Waals surface area contributed by atoms with Gasteiger partial charge in [-0.3, -0.25) is 0 Å². The zero-order valence-corrected chi connectivity index (χ0v) is 20.8. The van der Waals surface area contributed by atoms with Crippen LogP contribution in [0.5, 0.6) is 0 Å². The Kier molecular flexibility index (Phi) is 5550. The molecule has 0 fully saturated rings. The third-order valence-electron chi connectivity index (χ3n) is 0. The fourth-order valence-corrected chi connectivity index (χ4v) is 0. The van der Waals surface area contributed by atoms with E-state index < -0.39 is 0 Å². The van der Waals surface area contributed by atoms with Gasteiger partial charge in [-0.05, 0) is 0 Å². The third kappa shape index (κ3) is 212. The van der Waals surface area contributed by atoms with Crippen molar-refractivity contribution in [3.63, 3.8) is 0 Å². The van der Waals surface area contributed by atoms with Crippen molar-refractivity contribution in [2.75, 3.05) is 0 Å². The Morgan fingerprint density at radius 1 is 0.308 bits per heavy atom. The Bertz CT molecular complexity index is 22.5. The van der Waals surface area contributed by atoms with Crippen LogP contribution >= 0.6 is 0 Å². The Hall–Kier alpha value is 3.75. The second-order valence-electron chi connectivity index (χ2n) is 0. The molecule has 0 atom stereocenters. The van der Waals surface area contributed by atoms with Gasteiger partial charge in [0.1, 0.15) is 0 Å².